The van der Waals surface area contributed by atoms with Gasteiger partial charge >= 0.3 is 0 Å². The zero-order valence-electron chi connectivity index (χ0n) is 14.0. The summed E-state index contributed by atoms with van der Waals surface area (Å²) in [6.07, 6.45) is 4.26. The largest absolute Gasteiger partial charge is 0.493 e. The highest BCUT2D eigenvalue weighted by Crippen LogP contribution is 2.32. The van der Waals surface area contributed by atoms with Crippen LogP contribution in [0.5, 0.6) is 5.75 Å². The van der Waals surface area contributed by atoms with E-state index in [0.717, 1.165) is 25.7 Å². The van der Waals surface area contributed by atoms with E-state index in [1.165, 1.54) is 12.1 Å². The van der Waals surface area contributed by atoms with Gasteiger partial charge in [0.1, 0.15) is 23.2 Å². The van der Waals surface area contributed by atoms with Crippen molar-refractivity contribution in [3.05, 3.63) is 51.7 Å². The van der Waals surface area contributed by atoms with E-state index >= 15 is 0 Å². The number of nitrogens with zero attached hydrogens (tertiary/aromatic N) is 1. The van der Waals surface area contributed by atoms with Gasteiger partial charge in [-0.2, -0.15) is 5.26 Å². The smallest absolute Gasteiger partial charge is 0.266 e. The van der Waals surface area contributed by atoms with Crippen LogP contribution in [-0.4, -0.2) is 11.6 Å². The predicted molar refractivity (Wildman–Crippen MR) is 91.5 cm³/mol. The second-order valence-corrected chi connectivity index (χ2v) is 5.73. The van der Waals surface area contributed by atoms with Gasteiger partial charge in [-0.15, -0.1) is 0 Å². The SMILES string of the molecule is CCCCCCOc1ccc(F)cc1-c1cc(C)[nH]c(=O)c1C#N. The number of H-pyrrole nitrogens is 1. The van der Waals surface area contributed by atoms with Crippen LogP contribution < -0.4 is 10.3 Å². The van der Waals surface area contributed by atoms with E-state index in [1.54, 1.807) is 19.1 Å². The fourth-order valence-electron chi connectivity index (χ4n) is 2.56. The molecule has 0 aliphatic rings. The molecular formula is C19H21FN2O2. The first kappa shape index (κ1) is 17.7. The number of benzene rings is 1. The Labute approximate surface area is 140 Å². The van der Waals surface area contributed by atoms with E-state index in [2.05, 4.69) is 11.9 Å². The predicted octanol–water partition coefficient (Wildman–Crippen LogP) is 4.32. The summed E-state index contributed by atoms with van der Waals surface area (Å²) in [7, 11) is 0. The number of aromatic nitrogens is 1. The summed E-state index contributed by atoms with van der Waals surface area (Å²) < 4.78 is 19.5. The van der Waals surface area contributed by atoms with Crippen molar-refractivity contribution in [1.29, 1.82) is 5.26 Å². The Kier molecular flexibility index (Phi) is 6.14. The number of nitrogens with one attached hydrogen (secondary N) is 1. The molecule has 126 valence electrons. The molecule has 0 fully saturated rings. The third kappa shape index (κ3) is 4.23. The first-order valence-electron chi connectivity index (χ1n) is 8.13. The molecule has 1 aromatic heterocycles. The normalized spacial score (nSPS) is 10.4. The van der Waals surface area contributed by atoms with Gasteiger partial charge in [0.25, 0.3) is 5.56 Å². The Morgan fingerprint density at radius 2 is 2.00 bits per heavy atom. The third-order valence-electron chi connectivity index (χ3n) is 3.77. The molecule has 0 aliphatic heterocycles. The van der Waals surface area contributed by atoms with Crippen LogP contribution in [0, 0.1) is 24.1 Å². The van der Waals surface area contributed by atoms with Crippen molar-refractivity contribution in [2.75, 3.05) is 6.61 Å². The Hall–Kier alpha value is -2.61. The zero-order valence-corrected chi connectivity index (χ0v) is 14.0. The van der Waals surface area contributed by atoms with Crippen LogP contribution in [0.15, 0.2) is 29.1 Å². The molecule has 0 bridgehead atoms. The number of ether oxygens (including phenoxy) is 1. The number of halogens is 1. The van der Waals surface area contributed by atoms with Gasteiger partial charge in [0.05, 0.1) is 6.61 Å². The minimum atomic E-state index is -0.481. The van der Waals surface area contributed by atoms with E-state index in [0.29, 0.717) is 29.2 Å². The number of hydrogen-bond donors (Lipinski definition) is 1. The van der Waals surface area contributed by atoms with Crippen molar-refractivity contribution in [1.82, 2.24) is 4.98 Å². The zero-order chi connectivity index (χ0) is 17.5. The van der Waals surface area contributed by atoms with Crippen LogP contribution in [0.4, 0.5) is 4.39 Å². The summed E-state index contributed by atoms with van der Waals surface area (Å²) in [5.74, 6) is 0.0413. The van der Waals surface area contributed by atoms with Crippen molar-refractivity contribution in [3.8, 4) is 22.9 Å². The average Bonchev–Trinajstić information content (AvgIpc) is 2.55. The highest BCUT2D eigenvalue weighted by Gasteiger charge is 2.15. The molecule has 0 aliphatic carbocycles. The maximum atomic E-state index is 13.7. The molecule has 0 radical (unpaired) electrons. The van der Waals surface area contributed by atoms with Crippen LogP contribution in [0.3, 0.4) is 0 Å². The lowest BCUT2D eigenvalue weighted by molar-refractivity contribution is 0.306. The fourth-order valence-corrected chi connectivity index (χ4v) is 2.56. The van der Waals surface area contributed by atoms with Gasteiger partial charge in [0.15, 0.2) is 0 Å². The third-order valence-corrected chi connectivity index (χ3v) is 3.77. The minimum absolute atomic E-state index is 0.0398. The van der Waals surface area contributed by atoms with Crippen molar-refractivity contribution in [2.45, 2.75) is 39.5 Å². The molecule has 1 heterocycles. The van der Waals surface area contributed by atoms with E-state index in [1.807, 2.05) is 6.07 Å². The van der Waals surface area contributed by atoms with E-state index in [-0.39, 0.29) is 5.56 Å². The molecule has 1 aromatic carbocycles. The number of rotatable bonds is 7. The first-order chi connectivity index (χ1) is 11.6. The Balaban J connectivity index is 2.38. The molecule has 5 heteroatoms. The molecule has 0 saturated heterocycles. The molecule has 0 saturated carbocycles. The Bertz CT molecular complexity index is 806. The van der Waals surface area contributed by atoms with E-state index in [4.69, 9.17) is 4.74 Å². The second kappa shape index (κ2) is 8.30. The van der Waals surface area contributed by atoms with E-state index in [9.17, 15) is 14.4 Å². The lowest BCUT2D eigenvalue weighted by atomic mass is 10.00. The van der Waals surface area contributed by atoms with Crippen LogP contribution in [-0.2, 0) is 0 Å². The second-order valence-electron chi connectivity index (χ2n) is 5.73. The number of pyridine rings is 1. The van der Waals surface area contributed by atoms with Gasteiger partial charge in [-0.3, -0.25) is 4.79 Å². The monoisotopic (exact) mass is 328 g/mol. The summed E-state index contributed by atoms with van der Waals surface area (Å²) >= 11 is 0. The van der Waals surface area contributed by atoms with Gasteiger partial charge < -0.3 is 9.72 Å². The standard InChI is InChI=1S/C19H21FN2O2/c1-3-4-5-6-9-24-18-8-7-14(20)11-16(18)15-10-13(2)22-19(23)17(15)12-21/h7-8,10-11H,3-6,9H2,1-2H3,(H,22,23). The molecule has 4 nitrogen and oxygen atoms in total. The molecule has 2 rings (SSSR count). The Morgan fingerprint density at radius 3 is 2.71 bits per heavy atom. The quantitative estimate of drug-likeness (QED) is 0.770. The summed E-state index contributed by atoms with van der Waals surface area (Å²) in [4.78, 5) is 14.6. The number of hydrogen-bond acceptors (Lipinski definition) is 3. The average molecular weight is 328 g/mol. The lowest BCUT2D eigenvalue weighted by Gasteiger charge is -2.13. The van der Waals surface area contributed by atoms with Crippen molar-refractivity contribution >= 4 is 0 Å². The summed E-state index contributed by atoms with van der Waals surface area (Å²) in [5, 5.41) is 9.28. The molecule has 1 N–H and O–H groups in total. The van der Waals surface area contributed by atoms with Crippen LogP contribution >= 0.6 is 0 Å². The molecule has 0 unspecified atom stereocenters. The maximum Gasteiger partial charge on any atom is 0.266 e. The number of unbranched alkanes of at least 4 members (excludes halogenated alkanes) is 3. The summed E-state index contributed by atoms with van der Waals surface area (Å²) in [5.41, 5.74) is 0.901. The van der Waals surface area contributed by atoms with Crippen molar-refractivity contribution in [2.24, 2.45) is 0 Å². The van der Waals surface area contributed by atoms with E-state index < -0.39 is 11.4 Å². The Morgan fingerprint density at radius 1 is 1.21 bits per heavy atom. The molecule has 0 amide bonds. The van der Waals surface area contributed by atoms with Crippen molar-refractivity contribution < 1.29 is 9.13 Å². The molecule has 2 aromatic rings. The van der Waals surface area contributed by atoms with Crippen LogP contribution in [0.25, 0.3) is 11.1 Å². The van der Waals surface area contributed by atoms with Gasteiger partial charge in [-0.25, -0.2) is 4.39 Å². The molecular weight excluding hydrogens is 307 g/mol. The van der Waals surface area contributed by atoms with Gasteiger partial charge in [0.2, 0.25) is 0 Å². The minimum Gasteiger partial charge on any atom is -0.493 e. The van der Waals surface area contributed by atoms with Crippen molar-refractivity contribution in [3.63, 3.8) is 0 Å². The van der Waals surface area contributed by atoms with Gasteiger partial charge in [-0.05, 0) is 37.6 Å². The summed E-state index contributed by atoms with van der Waals surface area (Å²) in [6, 6.07) is 7.73. The maximum absolute atomic E-state index is 13.7. The topological polar surface area (TPSA) is 65.9 Å². The number of nitriles is 1. The van der Waals surface area contributed by atoms with Gasteiger partial charge in [0, 0.05) is 16.8 Å². The highest BCUT2D eigenvalue weighted by molar-refractivity contribution is 5.75. The number of aryl methyl sites for hydroxylation is 1. The highest BCUT2D eigenvalue weighted by atomic mass is 19.1. The van der Waals surface area contributed by atoms with Crippen LogP contribution in [0.2, 0.25) is 0 Å². The summed E-state index contributed by atoms with van der Waals surface area (Å²) in [6.45, 7) is 4.37. The number of aromatic amines is 1. The molecule has 24 heavy (non-hydrogen) atoms. The first-order valence-corrected chi connectivity index (χ1v) is 8.13. The molecule has 0 atom stereocenters. The molecule has 0 spiro atoms. The fraction of sp³-hybridized carbons (Fsp3) is 0.368. The lowest BCUT2D eigenvalue weighted by Crippen LogP contribution is -2.13. The van der Waals surface area contributed by atoms with Gasteiger partial charge in [-0.1, -0.05) is 26.2 Å². The van der Waals surface area contributed by atoms with Crippen LogP contribution in [0.1, 0.15) is 43.9 Å².